The van der Waals surface area contributed by atoms with E-state index in [0.29, 0.717) is 0 Å². The Morgan fingerprint density at radius 2 is 1.59 bits per heavy atom. The van der Waals surface area contributed by atoms with Crippen LogP contribution in [0.5, 0.6) is 0 Å². The van der Waals surface area contributed by atoms with E-state index in [1.165, 1.54) is 0 Å². The van der Waals surface area contributed by atoms with Crippen molar-refractivity contribution in [3.05, 3.63) is 0 Å². The molecule has 18 heteroatoms. The lowest BCUT2D eigenvalue weighted by atomic mass is 9.87. The van der Waals surface area contributed by atoms with Gasteiger partial charge in [-0.3, -0.25) is 32.7 Å². The van der Waals surface area contributed by atoms with E-state index in [1.54, 1.807) is 0 Å². The average Bonchev–Trinajstić information content (AvgIpc) is 3.25. The molecule has 9 atom stereocenters. The largest absolute Gasteiger partial charge is 0.472 e. The summed E-state index contributed by atoms with van der Waals surface area (Å²) in [5, 5.41) is 40.7. The van der Waals surface area contributed by atoms with Crippen LogP contribution in [0.25, 0.3) is 0 Å². The predicted octanol–water partition coefficient (Wildman–Crippen LogP) is -4.03. The Balaban J connectivity index is 2.15. The number of rotatable bonds is 12. The Labute approximate surface area is 178 Å². The van der Waals surface area contributed by atoms with Crippen LogP contribution in [0.4, 0.5) is 0 Å². The molecule has 16 nitrogen and oxygen atoms in total. The van der Waals surface area contributed by atoms with Crippen LogP contribution in [0.2, 0.25) is 0 Å². The highest BCUT2D eigenvalue weighted by molar-refractivity contribution is 7.47. The molecule has 2 aliphatic carbocycles. The summed E-state index contributed by atoms with van der Waals surface area (Å²) in [5.74, 6) is -5.66. The Morgan fingerprint density at radius 3 is 2.09 bits per heavy atom. The highest BCUT2D eigenvalue weighted by Crippen LogP contribution is 2.61. The summed E-state index contributed by atoms with van der Waals surface area (Å²) in [4.78, 5) is 71.4. The molecule has 0 aromatic carbocycles. The fourth-order valence-electron chi connectivity index (χ4n) is 3.48. The summed E-state index contributed by atoms with van der Waals surface area (Å²) >= 11 is 0. The van der Waals surface area contributed by atoms with Crippen LogP contribution < -0.4 is 0 Å². The van der Waals surface area contributed by atoms with E-state index >= 15 is 0 Å². The third kappa shape index (κ3) is 5.62. The van der Waals surface area contributed by atoms with Gasteiger partial charge in [-0.15, -0.1) is 0 Å². The van der Waals surface area contributed by atoms with Gasteiger partial charge in [0.15, 0.2) is 18.4 Å². The first kappa shape index (κ1) is 27.0. The molecule has 0 aliphatic heterocycles. The molecule has 0 aromatic heterocycles. The molecule has 0 bridgehead atoms. The van der Waals surface area contributed by atoms with Gasteiger partial charge in [0.1, 0.15) is 30.0 Å². The van der Waals surface area contributed by atoms with Gasteiger partial charge in [0.05, 0.1) is 24.5 Å². The molecule has 182 valence electrons. The first-order chi connectivity index (χ1) is 14.6. The number of hydrogen-bond acceptors (Lipinski definition) is 13. The summed E-state index contributed by atoms with van der Waals surface area (Å²) in [5.41, 5.74) is -2.59. The number of aliphatic hydroxyl groups is 4. The van der Waals surface area contributed by atoms with Crippen LogP contribution in [0.3, 0.4) is 0 Å². The van der Waals surface area contributed by atoms with Crippen molar-refractivity contribution in [2.24, 2.45) is 11.8 Å². The van der Waals surface area contributed by atoms with E-state index in [2.05, 4.69) is 13.6 Å². The topological polar surface area (TPSA) is 272 Å². The Hall–Kier alpha value is -1.26. The fraction of sp³-hybridized carbons (Fsp3) is 0.714. The van der Waals surface area contributed by atoms with Crippen LogP contribution in [0.15, 0.2) is 0 Å². The minimum atomic E-state index is -5.33. The molecule has 2 rings (SSSR count). The van der Waals surface area contributed by atoms with Gasteiger partial charge in [0, 0.05) is 6.42 Å². The molecule has 0 heterocycles. The molecule has 0 amide bonds. The normalized spacial score (nSPS) is 37.0. The zero-order valence-electron chi connectivity index (χ0n) is 15.8. The zero-order chi connectivity index (χ0) is 24.6. The summed E-state index contributed by atoms with van der Waals surface area (Å²) in [6, 6.07) is 0. The first-order valence-corrected chi connectivity index (χ1v) is 11.7. The molecule has 2 fully saturated rings. The third-order valence-electron chi connectivity index (χ3n) is 5.09. The van der Waals surface area contributed by atoms with Crippen molar-refractivity contribution in [1.82, 2.24) is 0 Å². The van der Waals surface area contributed by atoms with E-state index in [9.17, 15) is 53.6 Å². The van der Waals surface area contributed by atoms with Crippen molar-refractivity contribution < 1.29 is 77.0 Å². The van der Waals surface area contributed by atoms with Crippen LogP contribution in [-0.4, -0.2) is 102 Å². The standard InChI is InChI=1S/C14H20O16P2/c15-2-6(17)1-5(7(18)3-16)4-28-32(26,27)30-13-10(20)9(19)11(29-31(23,24)25)8-12(21)14(8,13)22/h2-3,5,8-13,19-22H,1,4H2,(H,26,27)(H2,23,24,25)/t5-,8+,9-,10?,11?,12?,13?,14?/m1/s1. The van der Waals surface area contributed by atoms with Gasteiger partial charge < -0.3 is 35.1 Å². The Bertz CT molecular complexity index is 869. The molecular formula is C14H20O16P2. The quantitative estimate of drug-likeness (QED) is 0.0754. The fourth-order valence-corrected chi connectivity index (χ4v) is 5.07. The molecule has 32 heavy (non-hydrogen) atoms. The third-order valence-corrected chi connectivity index (χ3v) is 6.57. The second-order valence-electron chi connectivity index (χ2n) is 7.20. The SMILES string of the molecule is O=CC(=O)C[C@H](COP(=O)(O)OC1C(O)[C@@H](O)C(OP(=O)(O)O)[C@H]2C(O)C12O)C(=O)C=O. The van der Waals surface area contributed by atoms with E-state index in [0.717, 1.165) is 0 Å². The van der Waals surface area contributed by atoms with Crippen LogP contribution in [0.1, 0.15) is 6.42 Å². The smallest absolute Gasteiger partial charge is 0.389 e. The summed E-state index contributed by atoms with van der Waals surface area (Å²) < 4.78 is 36.7. The molecule has 0 saturated heterocycles. The minimum Gasteiger partial charge on any atom is -0.389 e. The number of ketones is 2. The van der Waals surface area contributed by atoms with Gasteiger partial charge in [-0.25, -0.2) is 9.13 Å². The monoisotopic (exact) mass is 506 g/mol. The molecule has 0 radical (unpaired) electrons. The second kappa shape index (κ2) is 9.54. The van der Waals surface area contributed by atoms with E-state index < -0.39 is 88.2 Å². The van der Waals surface area contributed by atoms with Crippen molar-refractivity contribution in [2.75, 3.05) is 6.61 Å². The molecule has 6 unspecified atom stereocenters. The molecule has 7 N–H and O–H groups in total. The zero-order valence-corrected chi connectivity index (χ0v) is 17.6. The lowest BCUT2D eigenvalue weighted by Crippen LogP contribution is -2.58. The molecular weight excluding hydrogens is 486 g/mol. The molecule has 0 aromatic rings. The highest BCUT2D eigenvalue weighted by atomic mass is 31.2. The van der Waals surface area contributed by atoms with Crippen molar-refractivity contribution in [3.63, 3.8) is 0 Å². The Morgan fingerprint density at radius 1 is 1.00 bits per heavy atom. The Kier molecular flexibility index (Phi) is 8.05. The second-order valence-corrected chi connectivity index (χ2v) is 9.79. The summed E-state index contributed by atoms with van der Waals surface area (Å²) in [6.45, 7) is -1.08. The molecule has 2 aliphatic rings. The molecule has 0 spiro atoms. The first-order valence-electron chi connectivity index (χ1n) is 8.72. The number of phosphoric acid groups is 2. The minimum absolute atomic E-state index is 0.153. The van der Waals surface area contributed by atoms with Gasteiger partial charge >= 0.3 is 15.6 Å². The van der Waals surface area contributed by atoms with Crippen molar-refractivity contribution in [1.29, 1.82) is 0 Å². The number of aliphatic hydroxyl groups excluding tert-OH is 3. The lowest BCUT2D eigenvalue weighted by molar-refractivity contribution is -0.177. The predicted molar refractivity (Wildman–Crippen MR) is 94.3 cm³/mol. The highest BCUT2D eigenvalue weighted by Gasteiger charge is 2.78. The van der Waals surface area contributed by atoms with Crippen LogP contribution >= 0.6 is 15.6 Å². The maximum absolute atomic E-state index is 12.2. The van der Waals surface area contributed by atoms with E-state index in [1.807, 2.05) is 0 Å². The number of phosphoric ester groups is 2. The van der Waals surface area contributed by atoms with Crippen molar-refractivity contribution in [3.8, 4) is 0 Å². The average molecular weight is 506 g/mol. The number of carbonyl (C=O) groups excluding carboxylic acids is 4. The van der Waals surface area contributed by atoms with Crippen LogP contribution in [-0.2, 0) is 41.9 Å². The number of aldehydes is 2. The number of Topliss-reactive ketones (excluding diaryl/α,β-unsaturated/α-hetero) is 2. The van der Waals surface area contributed by atoms with E-state index in [-0.39, 0.29) is 12.6 Å². The van der Waals surface area contributed by atoms with Gasteiger partial charge in [-0.1, -0.05) is 0 Å². The van der Waals surface area contributed by atoms with Crippen LogP contribution in [0, 0.1) is 11.8 Å². The number of fused-ring (bicyclic) bond motifs is 1. The molecule has 2 saturated carbocycles. The number of hydrogen-bond donors (Lipinski definition) is 7. The van der Waals surface area contributed by atoms with Gasteiger partial charge in [-0.05, 0) is 0 Å². The van der Waals surface area contributed by atoms with Crippen molar-refractivity contribution >= 4 is 39.8 Å². The summed E-state index contributed by atoms with van der Waals surface area (Å²) in [6.07, 6.45) is -11.9. The van der Waals surface area contributed by atoms with Gasteiger partial charge in [-0.2, -0.15) is 0 Å². The lowest BCUT2D eigenvalue weighted by Gasteiger charge is -2.39. The number of carbonyl (C=O) groups is 4. The van der Waals surface area contributed by atoms with Gasteiger partial charge in [0.25, 0.3) is 0 Å². The maximum Gasteiger partial charge on any atom is 0.472 e. The van der Waals surface area contributed by atoms with Gasteiger partial charge in [0.2, 0.25) is 5.78 Å². The summed E-state index contributed by atoms with van der Waals surface area (Å²) in [7, 11) is -10.6. The van der Waals surface area contributed by atoms with E-state index in [4.69, 9.17) is 9.79 Å². The van der Waals surface area contributed by atoms with Crippen molar-refractivity contribution in [2.45, 2.75) is 42.5 Å². The maximum atomic E-state index is 12.2.